The summed E-state index contributed by atoms with van der Waals surface area (Å²) in [6, 6.07) is 0. The van der Waals surface area contributed by atoms with Crippen LogP contribution in [0.4, 0.5) is 4.79 Å². The van der Waals surface area contributed by atoms with Crippen molar-refractivity contribution in [3.05, 3.63) is 24.3 Å². The van der Waals surface area contributed by atoms with Gasteiger partial charge in [0.1, 0.15) is 6.10 Å². The van der Waals surface area contributed by atoms with Gasteiger partial charge >= 0.3 is 6.09 Å². The number of rotatable bonds is 13. The molecule has 0 spiro atoms. The Kier molecular flexibility index (Phi) is 12.1. The van der Waals surface area contributed by atoms with Gasteiger partial charge in [-0.3, -0.25) is 19.3 Å². The van der Waals surface area contributed by atoms with E-state index in [2.05, 4.69) is 22.8 Å². The quantitative estimate of drug-likeness (QED) is 0.244. The Hall–Kier alpha value is -2.72. The number of carbonyl (C=O) groups excluding carboxylic acids is 4. The summed E-state index contributed by atoms with van der Waals surface area (Å²) in [6.07, 6.45) is 11.0. The summed E-state index contributed by atoms with van der Waals surface area (Å²) in [6.45, 7) is 2.14. The van der Waals surface area contributed by atoms with Crippen molar-refractivity contribution in [2.45, 2.75) is 44.6 Å². The average molecular weight is 452 g/mol. The van der Waals surface area contributed by atoms with Crippen LogP contribution >= 0.6 is 0 Å². The second-order valence-corrected chi connectivity index (χ2v) is 7.42. The van der Waals surface area contributed by atoms with Crippen molar-refractivity contribution in [3.63, 3.8) is 0 Å². The van der Waals surface area contributed by atoms with E-state index < -0.39 is 17.9 Å². The third-order valence-corrected chi connectivity index (χ3v) is 4.91. The molecule has 0 aromatic heterocycles. The van der Waals surface area contributed by atoms with Gasteiger partial charge in [-0.05, 0) is 32.1 Å². The van der Waals surface area contributed by atoms with Crippen molar-refractivity contribution in [2.24, 2.45) is 0 Å². The van der Waals surface area contributed by atoms with E-state index in [1.165, 1.54) is 12.2 Å². The summed E-state index contributed by atoms with van der Waals surface area (Å²) in [5, 5.41) is 5.35. The fourth-order valence-corrected chi connectivity index (χ4v) is 3.20. The molecule has 0 saturated heterocycles. The molecule has 1 aliphatic heterocycles. The predicted octanol–water partition coefficient (Wildman–Crippen LogP) is 1.07. The molecule has 0 aromatic rings. The number of nitrogens with one attached hydrogen (secondary N) is 2. The van der Waals surface area contributed by atoms with Crippen LogP contribution in [0.2, 0.25) is 0 Å². The lowest BCUT2D eigenvalue weighted by Gasteiger charge is -2.18. The topological polar surface area (TPSA) is 123 Å². The molecule has 1 heterocycles. The normalized spacial score (nSPS) is 19.4. The van der Waals surface area contributed by atoms with E-state index in [1.54, 1.807) is 0 Å². The molecule has 0 fully saturated rings. The second-order valence-electron chi connectivity index (χ2n) is 7.42. The minimum Gasteiger partial charge on any atom is -0.446 e. The van der Waals surface area contributed by atoms with Crippen LogP contribution in [0.15, 0.2) is 24.3 Å². The van der Waals surface area contributed by atoms with Crippen molar-refractivity contribution < 1.29 is 33.4 Å². The molecule has 2 aliphatic rings. The maximum Gasteiger partial charge on any atom is 0.407 e. The zero-order valence-electron chi connectivity index (χ0n) is 18.4. The number of hydrogen-bond donors (Lipinski definition) is 2. The van der Waals surface area contributed by atoms with Gasteiger partial charge < -0.3 is 24.8 Å². The molecule has 10 heteroatoms. The SMILES string of the molecule is O=C(CCN1C(=O)C=CC1=O)NCCOCCOCCNC(=O)O[C@H]1CC/C=C/CCC1. The van der Waals surface area contributed by atoms with E-state index in [-0.39, 0.29) is 25.0 Å². The zero-order valence-corrected chi connectivity index (χ0v) is 18.4. The number of carbonyl (C=O) groups is 4. The molecule has 2 rings (SSSR count). The van der Waals surface area contributed by atoms with E-state index in [0.29, 0.717) is 39.5 Å². The van der Waals surface area contributed by atoms with E-state index in [9.17, 15) is 19.2 Å². The Labute approximate surface area is 188 Å². The lowest BCUT2D eigenvalue weighted by Crippen LogP contribution is -2.35. The fraction of sp³-hybridized carbons (Fsp3) is 0.636. The monoisotopic (exact) mass is 451 g/mol. The summed E-state index contributed by atoms with van der Waals surface area (Å²) in [7, 11) is 0. The summed E-state index contributed by atoms with van der Waals surface area (Å²) in [5.41, 5.74) is 0. The van der Waals surface area contributed by atoms with Crippen molar-refractivity contribution in [1.29, 1.82) is 0 Å². The predicted molar refractivity (Wildman–Crippen MR) is 116 cm³/mol. The molecule has 0 saturated carbocycles. The molecule has 0 bridgehead atoms. The number of alkyl carbamates (subject to hydrolysis) is 1. The minimum atomic E-state index is -0.412. The number of nitrogens with zero attached hydrogens (tertiary/aromatic N) is 1. The van der Waals surface area contributed by atoms with E-state index in [0.717, 1.165) is 37.0 Å². The van der Waals surface area contributed by atoms with Gasteiger partial charge in [0.2, 0.25) is 5.91 Å². The Bertz CT molecular complexity index is 675. The first-order chi connectivity index (χ1) is 15.6. The smallest absolute Gasteiger partial charge is 0.407 e. The molecule has 178 valence electrons. The van der Waals surface area contributed by atoms with Gasteiger partial charge in [-0.1, -0.05) is 12.2 Å². The summed E-state index contributed by atoms with van der Waals surface area (Å²) < 4.78 is 16.2. The van der Waals surface area contributed by atoms with Crippen molar-refractivity contribution in [3.8, 4) is 0 Å². The number of hydrogen-bond acceptors (Lipinski definition) is 7. The molecule has 1 atom stereocenters. The van der Waals surface area contributed by atoms with E-state index in [4.69, 9.17) is 14.2 Å². The van der Waals surface area contributed by atoms with Crippen LogP contribution in [0.3, 0.4) is 0 Å². The van der Waals surface area contributed by atoms with E-state index >= 15 is 0 Å². The summed E-state index contributed by atoms with van der Waals surface area (Å²) in [5.74, 6) is -1.05. The molecule has 0 aromatic carbocycles. The molecule has 10 nitrogen and oxygen atoms in total. The molecule has 0 radical (unpaired) electrons. The van der Waals surface area contributed by atoms with Crippen molar-refractivity contribution in [2.75, 3.05) is 46.1 Å². The third kappa shape index (κ3) is 10.5. The fourth-order valence-electron chi connectivity index (χ4n) is 3.20. The van der Waals surface area contributed by atoms with Crippen LogP contribution in [-0.4, -0.2) is 80.9 Å². The first-order valence-corrected chi connectivity index (χ1v) is 11.1. The van der Waals surface area contributed by atoms with Gasteiger partial charge in [-0.25, -0.2) is 4.79 Å². The van der Waals surface area contributed by atoms with Crippen LogP contribution in [0.25, 0.3) is 0 Å². The Morgan fingerprint density at radius 3 is 2.28 bits per heavy atom. The number of imide groups is 1. The molecular formula is C22H33N3O7. The van der Waals surface area contributed by atoms with E-state index in [1.807, 2.05) is 0 Å². The summed E-state index contributed by atoms with van der Waals surface area (Å²) >= 11 is 0. The highest BCUT2D eigenvalue weighted by Crippen LogP contribution is 2.15. The number of allylic oxidation sites excluding steroid dienone is 2. The molecule has 0 unspecified atom stereocenters. The average Bonchev–Trinajstić information content (AvgIpc) is 3.07. The highest BCUT2D eigenvalue weighted by atomic mass is 16.6. The second kappa shape index (κ2) is 15.1. The molecule has 1 aliphatic carbocycles. The molecule has 2 N–H and O–H groups in total. The van der Waals surface area contributed by atoms with Gasteiger partial charge in [0.15, 0.2) is 0 Å². The Morgan fingerprint density at radius 2 is 1.56 bits per heavy atom. The maximum atomic E-state index is 11.8. The molecule has 4 amide bonds. The third-order valence-electron chi connectivity index (χ3n) is 4.91. The van der Waals surface area contributed by atoms with Crippen LogP contribution in [0.5, 0.6) is 0 Å². The highest BCUT2D eigenvalue weighted by Gasteiger charge is 2.23. The number of ether oxygens (including phenoxy) is 3. The van der Waals surface area contributed by atoms with Crippen LogP contribution in [-0.2, 0) is 28.6 Å². The van der Waals surface area contributed by atoms with Gasteiger partial charge in [0.05, 0.1) is 26.4 Å². The Balaban J connectivity index is 1.36. The minimum absolute atomic E-state index is 0.0306. The standard InChI is InChI=1S/C22H33N3O7/c26-19(10-13-25-20(27)8-9-21(25)28)23-11-14-30-16-17-31-15-12-24-22(29)32-18-6-4-2-1-3-5-7-18/h1-2,8-9,18H,3-7,10-17H2,(H,23,26)(H,24,29)/b2-1+/t18-/m0/s1. The van der Waals surface area contributed by atoms with Crippen LogP contribution in [0.1, 0.15) is 38.5 Å². The largest absolute Gasteiger partial charge is 0.446 e. The lowest BCUT2D eigenvalue weighted by atomic mass is 10.0. The van der Waals surface area contributed by atoms with Gasteiger partial charge in [0, 0.05) is 38.2 Å². The first kappa shape index (κ1) is 25.5. The first-order valence-electron chi connectivity index (χ1n) is 11.1. The lowest BCUT2D eigenvalue weighted by molar-refractivity contribution is -0.137. The summed E-state index contributed by atoms with van der Waals surface area (Å²) in [4.78, 5) is 47.3. The van der Waals surface area contributed by atoms with Gasteiger partial charge in [-0.2, -0.15) is 0 Å². The zero-order chi connectivity index (χ0) is 23.0. The van der Waals surface area contributed by atoms with Crippen molar-refractivity contribution in [1.82, 2.24) is 15.5 Å². The van der Waals surface area contributed by atoms with Gasteiger partial charge in [0.25, 0.3) is 11.8 Å². The molecule has 32 heavy (non-hydrogen) atoms. The van der Waals surface area contributed by atoms with Crippen LogP contribution < -0.4 is 10.6 Å². The maximum absolute atomic E-state index is 11.8. The van der Waals surface area contributed by atoms with Crippen LogP contribution in [0, 0.1) is 0 Å². The molecular weight excluding hydrogens is 418 g/mol. The van der Waals surface area contributed by atoms with Gasteiger partial charge in [-0.15, -0.1) is 0 Å². The Morgan fingerprint density at radius 1 is 0.906 bits per heavy atom. The number of amides is 4. The highest BCUT2D eigenvalue weighted by molar-refractivity contribution is 6.13. The van der Waals surface area contributed by atoms with Crippen molar-refractivity contribution >= 4 is 23.8 Å².